The van der Waals surface area contributed by atoms with Crippen LogP contribution >= 0.6 is 0 Å². The molecule has 2 heterocycles. The number of hydrazone groups is 1. The third kappa shape index (κ3) is 3.43. The Balaban J connectivity index is 2.11. The fourth-order valence-electron chi connectivity index (χ4n) is 1.92. The van der Waals surface area contributed by atoms with Crippen molar-refractivity contribution in [2.45, 2.75) is 33.7 Å². The first-order valence-corrected chi connectivity index (χ1v) is 6.64. The Morgan fingerprint density at radius 3 is 3.00 bits per heavy atom. The molecule has 7 heteroatoms. The summed E-state index contributed by atoms with van der Waals surface area (Å²) in [5.74, 6) is 0.579. The van der Waals surface area contributed by atoms with Gasteiger partial charge in [0.15, 0.2) is 5.82 Å². The minimum atomic E-state index is -0.285. The predicted molar refractivity (Wildman–Crippen MR) is 75.6 cm³/mol. The maximum atomic E-state index is 11.7. The van der Waals surface area contributed by atoms with Crippen molar-refractivity contribution in [2.75, 3.05) is 18.6 Å². The minimum absolute atomic E-state index is 0.285. The van der Waals surface area contributed by atoms with Gasteiger partial charge in [0.2, 0.25) is 0 Å². The average Bonchev–Trinajstić information content (AvgIpc) is 2.44. The monoisotopic (exact) mass is 277 g/mol. The van der Waals surface area contributed by atoms with Gasteiger partial charge in [-0.05, 0) is 32.4 Å². The van der Waals surface area contributed by atoms with E-state index in [1.54, 1.807) is 11.8 Å². The molecule has 0 spiro atoms. The van der Waals surface area contributed by atoms with Crippen molar-refractivity contribution in [1.29, 1.82) is 0 Å². The summed E-state index contributed by atoms with van der Waals surface area (Å²) in [6.07, 6.45) is 0.407. The second-order valence-corrected chi connectivity index (χ2v) is 4.74. The molecule has 108 valence electrons. The van der Waals surface area contributed by atoms with E-state index in [0.717, 1.165) is 17.0 Å². The third-order valence-electron chi connectivity index (χ3n) is 2.86. The Kier molecular flexibility index (Phi) is 4.49. The lowest BCUT2D eigenvalue weighted by atomic mass is 10.1. The van der Waals surface area contributed by atoms with Crippen LogP contribution in [0, 0.1) is 0 Å². The van der Waals surface area contributed by atoms with Crippen LogP contribution in [0.4, 0.5) is 10.6 Å². The van der Waals surface area contributed by atoms with E-state index in [4.69, 9.17) is 4.74 Å². The lowest BCUT2D eigenvalue weighted by Crippen LogP contribution is -2.36. The Morgan fingerprint density at radius 1 is 1.50 bits per heavy atom. The smallest absolute Gasteiger partial charge is 0.410 e. The van der Waals surface area contributed by atoms with Crippen molar-refractivity contribution in [3.63, 3.8) is 0 Å². The van der Waals surface area contributed by atoms with E-state index in [1.807, 2.05) is 19.9 Å². The van der Waals surface area contributed by atoms with Gasteiger partial charge in [-0.25, -0.2) is 4.79 Å². The molecule has 0 bridgehead atoms. The third-order valence-corrected chi connectivity index (χ3v) is 2.86. The summed E-state index contributed by atoms with van der Waals surface area (Å²) in [5, 5.41) is 12.3. The van der Waals surface area contributed by atoms with Crippen molar-refractivity contribution >= 4 is 17.6 Å². The number of hydrogen-bond donors (Lipinski definition) is 1. The maximum absolute atomic E-state index is 11.7. The van der Waals surface area contributed by atoms with Gasteiger partial charge in [0.1, 0.15) is 0 Å². The van der Waals surface area contributed by atoms with Crippen LogP contribution in [0.25, 0.3) is 0 Å². The first-order chi connectivity index (χ1) is 9.60. The molecular formula is C13H19N5O2. The molecule has 7 nitrogen and oxygen atoms in total. The second-order valence-electron chi connectivity index (χ2n) is 4.74. The summed E-state index contributed by atoms with van der Waals surface area (Å²) in [4.78, 5) is 13.4. The number of ether oxygens (including phenoxy) is 1. The number of aromatic nitrogens is 2. The maximum Gasteiger partial charge on any atom is 0.410 e. The lowest BCUT2D eigenvalue weighted by Gasteiger charge is -2.27. The van der Waals surface area contributed by atoms with Crippen molar-refractivity contribution in [2.24, 2.45) is 5.10 Å². The highest BCUT2D eigenvalue weighted by Crippen LogP contribution is 2.19. The van der Waals surface area contributed by atoms with E-state index >= 15 is 0 Å². The number of nitrogens with one attached hydrogen (secondary N) is 1. The Bertz CT molecular complexity index is 525. The van der Waals surface area contributed by atoms with Crippen LogP contribution < -0.4 is 5.43 Å². The summed E-state index contributed by atoms with van der Waals surface area (Å²) in [6, 6.07) is 1.88. The number of fused-ring (bicyclic) bond motifs is 1. The molecule has 1 amide bonds. The highest BCUT2D eigenvalue weighted by atomic mass is 16.6. The number of hydrogen-bond acceptors (Lipinski definition) is 6. The normalized spacial score (nSPS) is 13.4. The summed E-state index contributed by atoms with van der Waals surface area (Å²) in [7, 11) is 0. The van der Waals surface area contributed by atoms with E-state index < -0.39 is 0 Å². The summed E-state index contributed by atoms with van der Waals surface area (Å²) in [5.41, 5.74) is 5.65. The van der Waals surface area contributed by atoms with Gasteiger partial charge in [0.25, 0.3) is 0 Å². The van der Waals surface area contributed by atoms with Gasteiger partial charge in [0.05, 0.1) is 18.8 Å². The molecule has 1 aliphatic heterocycles. The lowest BCUT2D eigenvalue weighted by molar-refractivity contribution is 0.102. The van der Waals surface area contributed by atoms with E-state index in [1.165, 1.54) is 0 Å². The zero-order valence-electron chi connectivity index (χ0n) is 12.0. The number of carbonyl (C=O) groups is 1. The van der Waals surface area contributed by atoms with Crippen molar-refractivity contribution in [3.05, 3.63) is 17.3 Å². The fourth-order valence-corrected chi connectivity index (χ4v) is 1.92. The molecule has 1 aromatic heterocycles. The SMILES string of the molecule is CCOC(=O)N1CCc2nnc(NN=C(C)C)cc2C1. The molecule has 1 aromatic rings. The molecule has 0 unspecified atom stereocenters. The van der Waals surface area contributed by atoms with Crippen LogP contribution in [0.3, 0.4) is 0 Å². The summed E-state index contributed by atoms with van der Waals surface area (Å²) >= 11 is 0. The van der Waals surface area contributed by atoms with Crippen LogP contribution in [-0.2, 0) is 17.7 Å². The number of anilines is 1. The van der Waals surface area contributed by atoms with Crippen LogP contribution in [0.5, 0.6) is 0 Å². The molecule has 0 atom stereocenters. The van der Waals surface area contributed by atoms with Crippen LogP contribution in [0.15, 0.2) is 11.2 Å². The minimum Gasteiger partial charge on any atom is -0.450 e. The molecule has 1 N–H and O–H groups in total. The Morgan fingerprint density at radius 2 is 2.30 bits per heavy atom. The van der Waals surface area contributed by atoms with Crippen molar-refractivity contribution < 1.29 is 9.53 Å². The van der Waals surface area contributed by atoms with Gasteiger partial charge < -0.3 is 9.64 Å². The quantitative estimate of drug-likeness (QED) is 0.673. The number of carbonyl (C=O) groups excluding carboxylic acids is 1. The van der Waals surface area contributed by atoms with Crippen LogP contribution in [0.2, 0.25) is 0 Å². The average molecular weight is 277 g/mol. The number of amides is 1. The topological polar surface area (TPSA) is 79.7 Å². The van der Waals surface area contributed by atoms with Gasteiger partial charge >= 0.3 is 6.09 Å². The largest absolute Gasteiger partial charge is 0.450 e. The van der Waals surface area contributed by atoms with E-state index in [9.17, 15) is 4.79 Å². The van der Waals surface area contributed by atoms with Crippen molar-refractivity contribution in [3.8, 4) is 0 Å². The molecule has 0 saturated carbocycles. The molecule has 0 aliphatic carbocycles. The molecule has 0 aromatic carbocycles. The second kappa shape index (κ2) is 6.31. The molecule has 0 radical (unpaired) electrons. The standard InChI is InChI=1S/C13H19N5O2/c1-4-20-13(19)18-6-5-11-10(8-18)7-12(17-15-11)16-14-9(2)3/h7H,4-6,8H2,1-3H3,(H,16,17). The van der Waals surface area contributed by atoms with Gasteiger partial charge in [-0.1, -0.05) is 0 Å². The highest BCUT2D eigenvalue weighted by Gasteiger charge is 2.23. The first kappa shape index (κ1) is 14.2. The van der Waals surface area contributed by atoms with Crippen molar-refractivity contribution in [1.82, 2.24) is 15.1 Å². The zero-order chi connectivity index (χ0) is 14.5. The summed E-state index contributed by atoms with van der Waals surface area (Å²) in [6.45, 7) is 7.07. The molecular weight excluding hydrogens is 258 g/mol. The van der Waals surface area contributed by atoms with E-state index in [0.29, 0.717) is 31.9 Å². The zero-order valence-corrected chi connectivity index (χ0v) is 12.0. The predicted octanol–water partition coefficient (Wildman–Crippen LogP) is 1.80. The molecule has 0 fully saturated rings. The molecule has 20 heavy (non-hydrogen) atoms. The van der Waals surface area contributed by atoms with Gasteiger partial charge in [-0.2, -0.15) is 10.2 Å². The molecule has 0 saturated heterocycles. The van der Waals surface area contributed by atoms with Gasteiger partial charge in [-0.3, -0.25) is 5.43 Å². The highest BCUT2D eigenvalue weighted by molar-refractivity contribution is 5.79. The van der Waals surface area contributed by atoms with Gasteiger partial charge in [-0.15, -0.1) is 5.10 Å². The van der Waals surface area contributed by atoms with Crippen LogP contribution in [0.1, 0.15) is 32.0 Å². The van der Waals surface area contributed by atoms with E-state index in [-0.39, 0.29) is 6.09 Å². The fraction of sp³-hybridized carbons (Fsp3) is 0.538. The Hall–Kier alpha value is -2.18. The van der Waals surface area contributed by atoms with Gasteiger partial charge in [0, 0.05) is 18.7 Å². The molecule has 1 aliphatic rings. The number of rotatable bonds is 3. The Labute approximate surface area is 118 Å². The van der Waals surface area contributed by atoms with Crippen LogP contribution in [-0.4, -0.2) is 40.1 Å². The van der Waals surface area contributed by atoms with E-state index in [2.05, 4.69) is 20.7 Å². The summed E-state index contributed by atoms with van der Waals surface area (Å²) < 4.78 is 5.02. The number of nitrogens with zero attached hydrogens (tertiary/aromatic N) is 4. The molecule has 2 rings (SSSR count). The first-order valence-electron chi connectivity index (χ1n) is 6.64.